The summed E-state index contributed by atoms with van der Waals surface area (Å²) < 4.78 is 35.6. The summed E-state index contributed by atoms with van der Waals surface area (Å²) in [6.45, 7) is -0.861. The fourth-order valence-corrected chi connectivity index (χ4v) is 3.91. The SMILES string of the molecule is CCOc1cc(/C=C2\SC(=O)N(Cc3ccccc3Br)C2=O)ccc1OC(F)F. The van der Waals surface area contributed by atoms with Gasteiger partial charge in [0, 0.05) is 4.47 Å². The number of ether oxygens (including phenoxy) is 2. The number of imide groups is 1. The van der Waals surface area contributed by atoms with Gasteiger partial charge in [0.2, 0.25) is 0 Å². The van der Waals surface area contributed by atoms with E-state index in [2.05, 4.69) is 20.7 Å². The number of rotatable bonds is 7. The monoisotopic (exact) mass is 483 g/mol. The number of nitrogens with zero attached hydrogens (tertiary/aromatic N) is 1. The van der Waals surface area contributed by atoms with Crippen molar-refractivity contribution in [3.63, 3.8) is 0 Å². The molecule has 2 aromatic carbocycles. The van der Waals surface area contributed by atoms with Crippen LogP contribution in [0.4, 0.5) is 13.6 Å². The number of alkyl halides is 2. The second-order valence-corrected chi connectivity index (χ2v) is 7.72. The zero-order valence-electron chi connectivity index (χ0n) is 15.2. The van der Waals surface area contributed by atoms with Crippen molar-refractivity contribution in [1.29, 1.82) is 0 Å². The van der Waals surface area contributed by atoms with E-state index in [1.54, 1.807) is 6.92 Å². The molecule has 2 amide bonds. The van der Waals surface area contributed by atoms with Crippen LogP contribution >= 0.6 is 27.7 Å². The van der Waals surface area contributed by atoms with Crippen molar-refractivity contribution in [1.82, 2.24) is 4.90 Å². The maximum Gasteiger partial charge on any atom is 0.387 e. The molecule has 152 valence electrons. The summed E-state index contributed by atoms with van der Waals surface area (Å²) in [5, 5.41) is -0.375. The second kappa shape index (κ2) is 9.41. The predicted molar refractivity (Wildman–Crippen MR) is 110 cm³/mol. The Morgan fingerprint density at radius 1 is 1.17 bits per heavy atom. The van der Waals surface area contributed by atoms with Crippen LogP contribution in [-0.2, 0) is 11.3 Å². The summed E-state index contributed by atoms with van der Waals surface area (Å²) in [4.78, 5) is 26.4. The maximum absolute atomic E-state index is 12.7. The van der Waals surface area contributed by atoms with Crippen molar-refractivity contribution in [3.05, 3.63) is 63.0 Å². The third kappa shape index (κ3) is 5.16. The molecule has 0 N–H and O–H groups in total. The minimum absolute atomic E-state index is 0.0963. The zero-order chi connectivity index (χ0) is 21.0. The minimum atomic E-state index is -2.98. The number of thioether (sulfide) groups is 1. The van der Waals surface area contributed by atoms with Gasteiger partial charge in [-0.05, 0) is 54.1 Å². The molecule has 1 saturated heterocycles. The van der Waals surface area contributed by atoms with Gasteiger partial charge < -0.3 is 9.47 Å². The van der Waals surface area contributed by atoms with Gasteiger partial charge >= 0.3 is 6.61 Å². The van der Waals surface area contributed by atoms with Gasteiger partial charge in [-0.25, -0.2) is 0 Å². The van der Waals surface area contributed by atoms with Crippen LogP contribution in [0.2, 0.25) is 0 Å². The molecule has 1 heterocycles. The van der Waals surface area contributed by atoms with Gasteiger partial charge in [-0.2, -0.15) is 8.78 Å². The molecule has 1 aliphatic heterocycles. The van der Waals surface area contributed by atoms with Gasteiger partial charge in [0.05, 0.1) is 18.1 Å². The Morgan fingerprint density at radius 3 is 2.62 bits per heavy atom. The average molecular weight is 484 g/mol. The highest BCUT2D eigenvalue weighted by molar-refractivity contribution is 9.10. The summed E-state index contributed by atoms with van der Waals surface area (Å²) in [6.07, 6.45) is 1.53. The van der Waals surface area contributed by atoms with Crippen molar-refractivity contribution in [3.8, 4) is 11.5 Å². The van der Waals surface area contributed by atoms with Crippen LogP contribution in [0.1, 0.15) is 18.1 Å². The summed E-state index contributed by atoms with van der Waals surface area (Å²) >= 11 is 4.24. The van der Waals surface area contributed by atoms with Gasteiger partial charge in [0.1, 0.15) is 0 Å². The van der Waals surface area contributed by atoms with Crippen LogP contribution in [0.15, 0.2) is 51.8 Å². The first-order valence-electron chi connectivity index (χ1n) is 8.59. The van der Waals surface area contributed by atoms with Crippen LogP contribution in [0.5, 0.6) is 11.5 Å². The molecule has 0 unspecified atom stereocenters. The van der Waals surface area contributed by atoms with Crippen LogP contribution in [0.25, 0.3) is 6.08 Å². The summed E-state index contributed by atoms with van der Waals surface area (Å²) in [5.41, 5.74) is 1.34. The maximum atomic E-state index is 12.7. The molecule has 0 bridgehead atoms. The molecule has 5 nitrogen and oxygen atoms in total. The lowest BCUT2D eigenvalue weighted by molar-refractivity contribution is -0.123. The first-order valence-corrected chi connectivity index (χ1v) is 10.2. The van der Waals surface area contributed by atoms with E-state index in [0.717, 1.165) is 26.7 Å². The van der Waals surface area contributed by atoms with Crippen LogP contribution in [0, 0.1) is 0 Å². The first-order chi connectivity index (χ1) is 13.9. The van der Waals surface area contributed by atoms with E-state index >= 15 is 0 Å². The van der Waals surface area contributed by atoms with Crippen LogP contribution < -0.4 is 9.47 Å². The Kier molecular flexibility index (Phi) is 6.92. The van der Waals surface area contributed by atoms with Gasteiger partial charge in [-0.15, -0.1) is 0 Å². The lowest BCUT2D eigenvalue weighted by atomic mass is 10.1. The molecule has 3 rings (SSSR count). The number of hydrogen-bond donors (Lipinski definition) is 0. The third-order valence-electron chi connectivity index (χ3n) is 3.94. The van der Waals surface area contributed by atoms with E-state index < -0.39 is 12.5 Å². The summed E-state index contributed by atoms with van der Waals surface area (Å²) in [5.74, 6) is -0.378. The van der Waals surface area contributed by atoms with Crippen molar-refractivity contribution < 1.29 is 27.8 Å². The first kappa shape index (κ1) is 21.3. The molecular weight excluding hydrogens is 468 g/mol. The number of carbonyl (C=O) groups is 2. The Bertz CT molecular complexity index is 967. The largest absolute Gasteiger partial charge is 0.490 e. The van der Waals surface area contributed by atoms with Gasteiger partial charge in [0.15, 0.2) is 11.5 Å². The Labute approximate surface area is 178 Å². The van der Waals surface area contributed by atoms with E-state index in [1.165, 1.54) is 24.3 Å². The van der Waals surface area contributed by atoms with Gasteiger partial charge in [-0.3, -0.25) is 14.5 Å². The summed E-state index contributed by atoms with van der Waals surface area (Å²) in [6, 6.07) is 11.7. The van der Waals surface area contributed by atoms with Gasteiger partial charge in [-0.1, -0.05) is 40.2 Å². The lowest BCUT2D eigenvalue weighted by Crippen LogP contribution is -2.27. The van der Waals surface area contributed by atoms with Gasteiger partial charge in [0.25, 0.3) is 11.1 Å². The van der Waals surface area contributed by atoms with E-state index in [-0.39, 0.29) is 34.8 Å². The number of hydrogen-bond acceptors (Lipinski definition) is 5. The Hall–Kier alpha value is -2.39. The number of benzene rings is 2. The smallest absolute Gasteiger partial charge is 0.387 e. The van der Waals surface area contributed by atoms with Crippen molar-refractivity contribution in [2.75, 3.05) is 6.61 Å². The standard InChI is InChI=1S/C20H16BrF2NO4S/c1-2-27-16-9-12(7-8-15(16)28-19(22)23)10-17-18(25)24(20(26)29-17)11-13-5-3-4-6-14(13)21/h3-10,19H,2,11H2,1H3/b17-10-. The van der Waals surface area contributed by atoms with E-state index in [9.17, 15) is 18.4 Å². The zero-order valence-corrected chi connectivity index (χ0v) is 17.6. The normalized spacial score (nSPS) is 15.5. The average Bonchev–Trinajstić information content (AvgIpc) is 2.93. The molecule has 2 aromatic rings. The van der Waals surface area contributed by atoms with Crippen molar-refractivity contribution in [2.45, 2.75) is 20.1 Å². The highest BCUT2D eigenvalue weighted by Crippen LogP contribution is 2.36. The van der Waals surface area contributed by atoms with Crippen molar-refractivity contribution in [2.24, 2.45) is 0 Å². The fraction of sp³-hybridized carbons (Fsp3) is 0.200. The van der Waals surface area contributed by atoms with E-state index in [1.807, 2.05) is 24.3 Å². The Balaban J connectivity index is 1.83. The molecule has 0 radical (unpaired) electrons. The highest BCUT2D eigenvalue weighted by atomic mass is 79.9. The van der Waals surface area contributed by atoms with Crippen LogP contribution in [-0.4, -0.2) is 29.3 Å². The number of halogens is 3. The fourth-order valence-electron chi connectivity index (χ4n) is 2.66. The molecule has 0 aromatic heterocycles. The summed E-state index contributed by atoms with van der Waals surface area (Å²) in [7, 11) is 0. The molecule has 0 atom stereocenters. The van der Waals surface area contributed by atoms with Crippen LogP contribution in [0.3, 0.4) is 0 Å². The molecule has 0 saturated carbocycles. The van der Waals surface area contributed by atoms with Crippen molar-refractivity contribution >= 4 is 44.9 Å². The van der Waals surface area contributed by atoms with E-state index in [4.69, 9.17) is 4.74 Å². The topological polar surface area (TPSA) is 55.8 Å². The molecular formula is C20H16BrF2NO4S. The highest BCUT2D eigenvalue weighted by Gasteiger charge is 2.35. The quantitative estimate of drug-likeness (QED) is 0.473. The number of amides is 2. The second-order valence-electron chi connectivity index (χ2n) is 5.88. The Morgan fingerprint density at radius 2 is 1.93 bits per heavy atom. The number of carbonyl (C=O) groups excluding carboxylic acids is 2. The van der Waals surface area contributed by atoms with E-state index in [0.29, 0.717) is 5.56 Å². The molecule has 1 fully saturated rings. The molecule has 9 heteroatoms. The molecule has 0 aliphatic carbocycles. The molecule has 1 aliphatic rings. The molecule has 0 spiro atoms. The third-order valence-corrected chi connectivity index (χ3v) is 5.62. The lowest BCUT2D eigenvalue weighted by Gasteiger charge is -2.13. The predicted octanol–water partition coefficient (Wildman–Crippen LogP) is 5.69. The minimum Gasteiger partial charge on any atom is -0.490 e. The molecule has 29 heavy (non-hydrogen) atoms.